The molecular formula is C19H22O3. The smallest absolute Gasteiger partial charge is 0.306 e. The van der Waals surface area contributed by atoms with Gasteiger partial charge in [-0.2, -0.15) is 0 Å². The minimum Gasteiger partial charge on any atom is -0.489 e. The Labute approximate surface area is 131 Å². The highest BCUT2D eigenvalue weighted by Crippen LogP contribution is 2.30. The van der Waals surface area contributed by atoms with E-state index in [1.165, 1.54) is 0 Å². The van der Waals surface area contributed by atoms with E-state index in [1.807, 2.05) is 61.5 Å². The van der Waals surface area contributed by atoms with Gasteiger partial charge in [0.15, 0.2) is 0 Å². The molecule has 0 saturated carbocycles. The Morgan fingerprint density at radius 1 is 1.14 bits per heavy atom. The van der Waals surface area contributed by atoms with Crippen LogP contribution in [0.1, 0.15) is 37.3 Å². The second-order valence-electron chi connectivity index (χ2n) is 5.49. The van der Waals surface area contributed by atoms with Crippen molar-refractivity contribution < 1.29 is 14.6 Å². The van der Waals surface area contributed by atoms with Crippen LogP contribution in [-0.4, -0.2) is 11.1 Å². The molecule has 2 rings (SSSR count). The summed E-state index contributed by atoms with van der Waals surface area (Å²) in [5, 5.41) is 9.23. The molecule has 0 aliphatic rings. The van der Waals surface area contributed by atoms with Gasteiger partial charge in [0.25, 0.3) is 0 Å². The van der Waals surface area contributed by atoms with Crippen molar-refractivity contribution in [3.63, 3.8) is 0 Å². The number of hydrogen-bond donors (Lipinski definition) is 1. The molecule has 3 nitrogen and oxygen atoms in total. The summed E-state index contributed by atoms with van der Waals surface area (Å²) in [5.41, 5.74) is 2.13. The molecule has 2 aromatic rings. The Balaban J connectivity index is 2.10. The zero-order chi connectivity index (χ0) is 15.9. The van der Waals surface area contributed by atoms with Gasteiger partial charge in [-0.3, -0.25) is 4.79 Å². The fourth-order valence-electron chi connectivity index (χ4n) is 2.63. The van der Waals surface area contributed by atoms with Crippen molar-refractivity contribution in [1.29, 1.82) is 0 Å². The van der Waals surface area contributed by atoms with Crippen LogP contribution in [0, 0.1) is 5.92 Å². The zero-order valence-electron chi connectivity index (χ0n) is 13.0. The number of hydrogen-bond acceptors (Lipinski definition) is 2. The summed E-state index contributed by atoms with van der Waals surface area (Å²) in [6.07, 6.45) is 0.787. The third kappa shape index (κ3) is 4.10. The van der Waals surface area contributed by atoms with Crippen LogP contribution in [0.2, 0.25) is 0 Å². The molecule has 0 amide bonds. The van der Waals surface area contributed by atoms with Gasteiger partial charge in [-0.25, -0.2) is 0 Å². The van der Waals surface area contributed by atoms with Gasteiger partial charge in [-0.05, 0) is 35.6 Å². The van der Waals surface area contributed by atoms with E-state index in [1.54, 1.807) is 6.92 Å². The number of rotatable bonds is 7. The van der Waals surface area contributed by atoms with Gasteiger partial charge in [0, 0.05) is 0 Å². The Morgan fingerprint density at radius 3 is 2.50 bits per heavy atom. The number of carbonyl (C=O) groups is 1. The molecule has 0 unspecified atom stereocenters. The van der Waals surface area contributed by atoms with Crippen molar-refractivity contribution in [3.05, 3.63) is 65.7 Å². The molecule has 2 aromatic carbocycles. The maximum atomic E-state index is 11.2. The summed E-state index contributed by atoms with van der Waals surface area (Å²) >= 11 is 0. The lowest BCUT2D eigenvalue weighted by Crippen LogP contribution is -2.18. The number of carboxylic acid groups (broad SMARTS) is 1. The fourth-order valence-corrected chi connectivity index (χ4v) is 2.63. The summed E-state index contributed by atoms with van der Waals surface area (Å²) in [6, 6.07) is 17.7. The monoisotopic (exact) mass is 298 g/mol. The molecule has 0 fully saturated rings. The van der Waals surface area contributed by atoms with E-state index in [9.17, 15) is 9.90 Å². The molecule has 0 aliphatic carbocycles. The largest absolute Gasteiger partial charge is 0.489 e. The van der Waals surface area contributed by atoms with E-state index in [0.717, 1.165) is 23.3 Å². The highest BCUT2D eigenvalue weighted by molar-refractivity contribution is 5.71. The highest BCUT2D eigenvalue weighted by Gasteiger charge is 2.23. The second-order valence-corrected chi connectivity index (χ2v) is 5.49. The van der Waals surface area contributed by atoms with Crippen molar-refractivity contribution in [3.8, 4) is 5.75 Å². The van der Waals surface area contributed by atoms with Gasteiger partial charge in [-0.15, -0.1) is 0 Å². The molecular weight excluding hydrogens is 276 g/mol. The number of aliphatic carboxylic acids is 1. The van der Waals surface area contributed by atoms with E-state index >= 15 is 0 Å². The summed E-state index contributed by atoms with van der Waals surface area (Å²) < 4.78 is 5.82. The van der Waals surface area contributed by atoms with Crippen LogP contribution in [0.3, 0.4) is 0 Å². The third-order valence-electron chi connectivity index (χ3n) is 3.97. The van der Waals surface area contributed by atoms with Gasteiger partial charge in [0.1, 0.15) is 12.4 Å². The lowest BCUT2D eigenvalue weighted by atomic mass is 9.85. The first-order valence-electron chi connectivity index (χ1n) is 7.61. The highest BCUT2D eigenvalue weighted by atomic mass is 16.5. The van der Waals surface area contributed by atoms with Gasteiger partial charge < -0.3 is 9.84 Å². The number of carboxylic acids is 1. The maximum Gasteiger partial charge on any atom is 0.306 e. The summed E-state index contributed by atoms with van der Waals surface area (Å²) in [7, 11) is 0. The molecule has 0 saturated heterocycles. The lowest BCUT2D eigenvalue weighted by Gasteiger charge is -2.20. The lowest BCUT2D eigenvalue weighted by molar-refractivity contribution is -0.141. The SMILES string of the molecule is CC[C@@H](c1cccc(OCc2ccccc2)c1)[C@H](C)C(=O)O. The number of ether oxygens (including phenoxy) is 1. The molecule has 116 valence electrons. The second kappa shape index (κ2) is 7.64. The van der Waals surface area contributed by atoms with Crippen LogP contribution in [0.15, 0.2) is 54.6 Å². The Morgan fingerprint density at radius 2 is 1.86 bits per heavy atom. The van der Waals surface area contributed by atoms with Crippen molar-refractivity contribution in [2.75, 3.05) is 0 Å². The van der Waals surface area contributed by atoms with Crippen LogP contribution >= 0.6 is 0 Å². The maximum absolute atomic E-state index is 11.2. The first-order chi connectivity index (χ1) is 10.6. The minimum atomic E-state index is -0.762. The van der Waals surface area contributed by atoms with E-state index in [0.29, 0.717) is 6.61 Å². The standard InChI is InChI=1S/C19H22O3/c1-3-18(14(2)19(20)21)16-10-7-11-17(12-16)22-13-15-8-5-4-6-9-15/h4-12,14,18H,3,13H2,1-2H3,(H,20,21)/t14-,18+/m0/s1. The van der Waals surface area contributed by atoms with Crippen LogP contribution < -0.4 is 4.74 Å². The minimum absolute atomic E-state index is 0.00206. The summed E-state index contributed by atoms with van der Waals surface area (Å²) in [6.45, 7) is 4.28. The molecule has 0 aliphatic heterocycles. The van der Waals surface area contributed by atoms with Crippen molar-refractivity contribution >= 4 is 5.97 Å². The summed E-state index contributed by atoms with van der Waals surface area (Å²) in [5.74, 6) is -0.396. The Bertz CT molecular complexity index is 607. The molecule has 1 N–H and O–H groups in total. The fraction of sp³-hybridized carbons (Fsp3) is 0.316. The normalized spacial score (nSPS) is 13.4. The summed E-state index contributed by atoms with van der Waals surface area (Å²) in [4.78, 5) is 11.2. The van der Waals surface area contributed by atoms with Crippen LogP contribution in [-0.2, 0) is 11.4 Å². The molecule has 0 radical (unpaired) electrons. The van der Waals surface area contributed by atoms with E-state index < -0.39 is 11.9 Å². The molecule has 2 atom stereocenters. The topological polar surface area (TPSA) is 46.5 Å². The average molecular weight is 298 g/mol. The van der Waals surface area contributed by atoms with Crippen molar-refractivity contribution in [2.24, 2.45) is 5.92 Å². The molecule has 0 bridgehead atoms. The number of benzene rings is 2. The predicted molar refractivity (Wildman–Crippen MR) is 87.0 cm³/mol. The van der Waals surface area contributed by atoms with Gasteiger partial charge in [0.2, 0.25) is 0 Å². The Hall–Kier alpha value is -2.29. The molecule has 22 heavy (non-hydrogen) atoms. The third-order valence-corrected chi connectivity index (χ3v) is 3.97. The van der Waals surface area contributed by atoms with Gasteiger partial charge >= 0.3 is 5.97 Å². The van der Waals surface area contributed by atoms with Crippen LogP contribution in [0.4, 0.5) is 0 Å². The van der Waals surface area contributed by atoms with Crippen LogP contribution in [0.5, 0.6) is 5.75 Å². The van der Waals surface area contributed by atoms with Crippen molar-refractivity contribution in [2.45, 2.75) is 32.8 Å². The Kier molecular flexibility index (Phi) is 5.59. The van der Waals surface area contributed by atoms with Gasteiger partial charge in [0.05, 0.1) is 5.92 Å². The van der Waals surface area contributed by atoms with Gasteiger partial charge in [-0.1, -0.05) is 56.3 Å². The molecule has 0 aromatic heterocycles. The first-order valence-corrected chi connectivity index (χ1v) is 7.61. The van der Waals surface area contributed by atoms with E-state index in [2.05, 4.69) is 0 Å². The quantitative estimate of drug-likeness (QED) is 0.819. The predicted octanol–water partition coefficient (Wildman–Crippen LogP) is 4.48. The molecule has 0 heterocycles. The van der Waals surface area contributed by atoms with Crippen molar-refractivity contribution in [1.82, 2.24) is 0 Å². The van der Waals surface area contributed by atoms with E-state index in [-0.39, 0.29) is 5.92 Å². The molecule has 0 spiro atoms. The van der Waals surface area contributed by atoms with Crippen LogP contribution in [0.25, 0.3) is 0 Å². The molecule has 3 heteroatoms. The average Bonchev–Trinajstić information content (AvgIpc) is 2.55. The zero-order valence-corrected chi connectivity index (χ0v) is 13.0. The van der Waals surface area contributed by atoms with E-state index in [4.69, 9.17) is 4.74 Å². The first kappa shape index (κ1) is 16.1.